The van der Waals surface area contributed by atoms with Gasteiger partial charge in [0.1, 0.15) is 17.6 Å². The molecule has 0 bridgehead atoms. The number of aryl methyl sites for hydroxylation is 1. The minimum absolute atomic E-state index is 0.0864. The Hall–Kier alpha value is -3.43. The quantitative estimate of drug-likeness (QED) is 0.300. The van der Waals surface area contributed by atoms with Crippen LogP contribution in [0.15, 0.2) is 66.0 Å². The highest BCUT2D eigenvalue weighted by Crippen LogP contribution is 2.31. The lowest BCUT2D eigenvalue weighted by atomic mass is 10.1. The number of hydrogen-bond donors (Lipinski definition) is 2. The van der Waals surface area contributed by atoms with Crippen LogP contribution >= 0.6 is 11.8 Å². The number of carbonyl (C=O) groups excluding carboxylic acids is 1. The highest BCUT2D eigenvalue weighted by Gasteiger charge is 2.26. The molecule has 192 valence electrons. The van der Waals surface area contributed by atoms with Gasteiger partial charge in [0.15, 0.2) is 11.0 Å². The molecule has 2 aromatic rings. The number of hydrogen-bond acceptors (Lipinski definition) is 6. The summed E-state index contributed by atoms with van der Waals surface area (Å²) in [7, 11) is 2.09. The number of imidazole rings is 1. The predicted octanol–water partition coefficient (Wildman–Crippen LogP) is 5.12. The normalized spacial score (nSPS) is 14.4. The van der Waals surface area contributed by atoms with E-state index in [0.717, 1.165) is 41.3 Å². The zero-order valence-corrected chi connectivity index (χ0v) is 22.1. The largest absolute Gasteiger partial charge is 0.369 e. The number of anilines is 2. The topological polar surface area (TPSA) is 75.1 Å². The summed E-state index contributed by atoms with van der Waals surface area (Å²) in [6, 6.07) is 16.5. The molecule has 1 fully saturated rings. The van der Waals surface area contributed by atoms with Crippen molar-refractivity contribution >= 4 is 29.0 Å². The van der Waals surface area contributed by atoms with Gasteiger partial charge in [-0.15, -0.1) is 0 Å². The van der Waals surface area contributed by atoms with Gasteiger partial charge in [-0.3, -0.25) is 4.79 Å². The van der Waals surface area contributed by atoms with E-state index in [0.29, 0.717) is 29.2 Å². The molecule has 2 N–H and O–H groups in total. The molecular formula is C28H31FN6OS. The third kappa shape index (κ3) is 5.47. The number of nitrogens with one attached hydrogen (secondary N) is 2. The first-order valence-corrected chi connectivity index (χ1v) is 13.5. The average molecular weight is 519 g/mol. The molecule has 0 radical (unpaired) electrons. The zero-order chi connectivity index (χ0) is 25.9. The first-order valence-electron chi connectivity index (χ1n) is 12.5. The SMILES string of the molecule is CCC(C(=O)Nc1cc(N(C)C2CNC2)ccc1C)n1cccc2nc(SCc3ccc(F)cc3)nc1-2. The lowest BCUT2D eigenvalue weighted by molar-refractivity contribution is -0.119. The van der Waals surface area contributed by atoms with Crippen LogP contribution in [-0.2, 0) is 10.5 Å². The molecule has 0 saturated carbocycles. The van der Waals surface area contributed by atoms with Crippen LogP contribution in [-0.4, -0.2) is 46.6 Å². The summed E-state index contributed by atoms with van der Waals surface area (Å²) in [5.74, 6) is 0.971. The zero-order valence-electron chi connectivity index (χ0n) is 21.2. The summed E-state index contributed by atoms with van der Waals surface area (Å²) >= 11 is 1.49. The first kappa shape index (κ1) is 25.2. The van der Waals surface area contributed by atoms with Gasteiger partial charge in [-0.1, -0.05) is 36.9 Å². The number of fused-ring (bicyclic) bond motifs is 1. The van der Waals surface area contributed by atoms with E-state index in [2.05, 4.69) is 45.8 Å². The maximum Gasteiger partial charge on any atom is 0.247 e. The van der Waals surface area contributed by atoms with Gasteiger partial charge < -0.3 is 20.1 Å². The van der Waals surface area contributed by atoms with Crippen molar-refractivity contribution in [1.82, 2.24) is 19.9 Å². The Morgan fingerprint density at radius 1 is 1.22 bits per heavy atom. The summed E-state index contributed by atoms with van der Waals surface area (Å²) < 4.78 is 15.1. The van der Waals surface area contributed by atoms with Crippen LogP contribution in [0, 0.1) is 12.7 Å². The van der Waals surface area contributed by atoms with Crippen molar-refractivity contribution in [2.45, 2.75) is 43.3 Å². The maximum absolute atomic E-state index is 13.5. The number of benzene rings is 2. The lowest BCUT2D eigenvalue weighted by Gasteiger charge is -2.37. The van der Waals surface area contributed by atoms with Gasteiger partial charge in [0.2, 0.25) is 5.91 Å². The number of carbonyl (C=O) groups is 1. The van der Waals surface area contributed by atoms with Crippen LogP contribution in [0.5, 0.6) is 0 Å². The van der Waals surface area contributed by atoms with Gasteiger partial charge >= 0.3 is 0 Å². The number of amides is 1. The smallest absolute Gasteiger partial charge is 0.247 e. The molecule has 1 saturated heterocycles. The fourth-order valence-corrected chi connectivity index (χ4v) is 5.22. The molecule has 37 heavy (non-hydrogen) atoms. The third-order valence-corrected chi connectivity index (χ3v) is 7.81. The van der Waals surface area contributed by atoms with Crippen molar-refractivity contribution < 1.29 is 9.18 Å². The second kappa shape index (κ2) is 10.9. The maximum atomic E-state index is 13.5. The number of rotatable bonds is 9. The Morgan fingerprint density at radius 2 is 2.00 bits per heavy atom. The summed E-state index contributed by atoms with van der Waals surface area (Å²) in [6.45, 7) is 5.94. The monoisotopic (exact) mass is 518 g/mol. The molecule has 0 aromatic heterocycles. The highest BCUT2D eigenvalue weighted by molar-refractivity contribution is 7.98. The highest BCUT2D eigenvalue weighted by atomic mass is 32.2. The van der Waals surface area contributed by atoms with Gasteiger partial charge in [-0.05, 0) is 60.9 Å². The van der Waals surface area contributed by atoms with Crippen LogP contribution in [0.25, 0.3) is 11.5 Å². The van der Waals surface area contributed by atoms with E-state index in [1.54, 1.807) is 12.1 Å². The number of halogens is 1. The average Bonchev–Trinajstić information content (AvgIpc) is 3.28. The predicted molar refractivity (Wildman–Crippen MR) is 147 cm³/mol. The summed E-state index contributed by atoms with van der Waals surface area (Å²) in [5.41, 5.74) is 4.65. The van der Waals surface area contributed by atoms with Crippen LogP contribution < -0.4 is 15.5 Å². The molecule has 3 aliphatic rings. The molecule has 0 spiro atoms. The molecule has 9 heteroatoms. The number of likely N-dealkylation sites (N-methyl/N-ethyl adjacent to an activating group) is 1. The van der Waals surface area contributed by atoms with E-state index in [4.69, 9.17) is 4.98 Å². The number of thioether (sulfide) groups is 1. The molecule has 0 aliphatic carbocycles. The van der Waals surface area contributed by atoms with Crippen molar-refractivity contribution in [2.24, 2.45) is 0 Å². The third-order valence-electron chi connectivity index (χ3n) is 6.89. The van der Waals surface area contributed by atoms with Gasteiger partial charge in [-0.2, -0.15) is 0 Å². The fraction of sp³-hybridized carbons (Fsp3) is 0.321. The standard InChI is InChI=1S/C28H31FN6OS/c1-4-25(27(36)31-24-14-21(12-7-18(24)2)34(3)22-15-30-16-22)35-13-5-6-23-26(35)33-28(32-23)37-17-19-8-10-20(29)11-9-19/h5-14,22,25,30H,4,15-17H2,1-3H3,(H,31,36). The van der Waals surface area contributed by atoms with Crippen molar-refractivity contribution in [3.63, 3.8) is 0 Å². The molecular weight excluding hydrogens is 487 g/mol. The first-order chi connectivity index (χ1) is 17.9. The number of nitrogens with zero attached hydrogens (tertiary/aromatic N) is 4. The van der Waals surface area contributed by atoms with Crippen LogP contribution in [0.4, 0.5) is 15.8 Å². The molecule has 1 atom stereocenters. The van der Waals surface area contributed by atoms with Crippen molar-refractivity contribution in [1.29, 1.82) is 0 Å². The summed E-state index contributed by atoms with van der Waals surface area (Å²) in [5, 5.41) is 7.10. The van der Waals surface area contributed by atoms with E-state index in [9.17, 15) is 9.18 Å². The Morgan fingerprint density at radius 3 is 2.70 bits per heavy atom. The second-order valence-electron chi connectivity index (χ2n) is 9.38. The molecule has 7 nitrogen and oxygen atoms in total. The molecule has 1 unspecified atom stereocenters. The van der Waals surface area contributed by atoms with Gasteiger partial charge in [0, 0.05) is 43.5 Å². The van der Waals surface area contributed by atoms with Crippen LogP contribution in [0.3, 0.4) is 0 Å². The van der Waals surface area contributed by atoms with E-state index >= 15 is 0 Å². The van der Waals surface area contributed by atoms with Crippen molar-refractivity contribution in [2.75, 3.05) is 30.4 Å². The van der Waals surface area contributed by atoms with E-state index < -0.39 is 6.04 Å². The van der Waals surface area contributed by atoms with Gasteiger partial charge in [0.25, 0.3) is 0 Å². The molecule has 1 amide bonds. The van der Waals surface area contributed by atoms with Crippen LogP contribution in [0.1, 0.15) is 30.5 Å². The van der Waals surface area contributed by atoms with Gasteiger partial charge in [0.05, 0.1) is 6.04 Å². The summed E-state index contributed by atoms with van der Waals surface area (Å²) in [4.78, 5) is 25.2. The molecule has 5 rings (SSSR count). The minimum atomic E-state index is -0.438. The molecule has 3 heterocycles. The summed E-state index contributed by atoms with van der Waals surface area (Å²) in [6.07, 6.45) is 2.49. The van der Waals surface area contributed by atoms with Crippen molar-refractivity contribution in [3.05, 3.63) is 77.7 Å². The number of aromatic nitrogens is 3. The Bertz CT molecular complexity index is 1350. The molecule has 3 aliphatic heterocycles. The van der Waals surface area contributed by atoms with E-state index in [1.807, 2.05) is 36.7 Å². The number of pyridine rings is 1. The Labute approximate surface area is 220 Å². The minimum Gasteiger partial charge on any atom is -0.369 e. The second-order valence-corrected chi connectivity index (χ2v) is 10.3. The van der Waals surface area contributed by atoms with E-state index in [-0.39, 0.29) is 11.7 Å². The van der Waals surface area contributed by atoms with Crippen molar-refractivity contribution in [3.8, 4) is 11.5 Å². The van der Waals surface area contributed by atoms with E-state index in [1.165, 1.54) is 23.9 Å². The lowest BCUT2D eigenvalue weighted by Crippen LogP contribution is -2.56. The fourth-order valence-electron chi connectivity index (χ4n) is 4.42. The van der Waals surface area contributed by atoms with Gasteiger partial charge in [-0.25, -0.2) is 14.4 Å². The van der Waals surface area contributed by atoms with Crippen LogP contribution in [0.2, 0.25) is 0 Å². The Balaban J connectivity index is 1.34. The Kier molecular flexibility index (Phi) is 7.43. The molecule has 2 aromatic carbocycles.